The molecule has 3 rings (SSSR count). The summed E-state index contributed by atoms with van der Waals surface area (Å²) in [6, 6.07) is 0. The van der Waals surface area contributed by atoms with Gasteiger partial charge in [-0.15, -0.1) is 11.3 Å². The predicted molar refractivity (Wildman–Crippen MR) is 96.0 cm³/mol. The van der Waals surface area contributed by atoms with E-state index in [9.17, 15) is 9.59 Å². The number of aromatic nitrogens is 2. The van der Waals surface area contributed by atoms with Crippen LogP contribution in [0.1, 0.15) is 58.5 Å². The number of fused-ring (bicyclic) bond motifs is 1. The van der Waals surface area contributed by atoms with Crippen LogP contribution in [-0.4, -0.2) is 27.9 Å². The third-order valence-corrected chi connectivity index (χ3v) is 5.25. The fourth-order valence-corrected chi connectivity index (χ4v) is 4.31. The molecular weight excluding hydrogens is 338 g/mol. The molecule has 1 amide bonds. The summed E-state index contributed by atoms with van der Waals surface area (Å²) < 4.78 is 5.40. The van der Waals surface area contributed by atoms with Crippen molar-refractivity contribution in [3.05, 3.63) is 40.3 Å². The van der Waals surface area contributed by atoms with Crippen LogP contribution in [0.4, 0.5) is 5.00 Å². The van der Waals surface area contributed by atoms with Gasteiger partial charge in [-0.05, 0) is 44.6 Å². The highest BCUT2D eigenvalue weighted by atomic mass is 32.1. The van der Waals surface area contributed by atoms with Crippen molar-refractivity contribution in [2.24, 2.45) is 5.92 Å². The molecule has 1 aliphatic rings. The standard InChI is InChI=1S/C18H21N3O3S/c1-10(2)24-18(23)15-12-5-4-11(3)8-14(12)25-17(15)21-16(22)13-9-19-6-7-20-13/h6-7,9-11H,4-5,8H2,1-3H3,(H,21,22)/t11-/m1/s1. The van der Waals surface area contributed by atoms with E-state index < -0.39 is 0 Å². The number of thiophene rings is 1. The smallest absolute Gasteiger partial charge is 0.341 e. The summed E-state index contributed by atoms with van der Waals surface area (Å²) in [7, 11) is 0. The molecule has 0 radical (unpaired) electrons. The zero-order valence-corrected chi connectivity index (χ0v) is 15.4. The van der Waals surface area contributed by atoms with Gasteiger partial charge < -0.3 is 10.1 Å². The number of esters is 1. The Morgan fingerprint density at radius 3 is 2.84 bits per heavy atom. The second kappa shape index (κ2) is 7.31. The van der Waals surface area contributed by atoms with E-state index in [4.69, 9.17) is 4.74 Å². The average molecular weight is 359 g/mol. The van der Waals surface area contributed by atoms with Crippen molar-refractivity contribution < 1.29 is 14.3 Å². The summed E-state index contributed by atoms with van der Waals surface area (Å²) >= 11 is 1.46. The van der Waals surface area contributed by atoms with Crippen LogP contribution in [-0.2, 0) is 17.6 Å². The van der Waals surface area contributed by atoms with E-state index in [1.807, 2.05) is 13.8 Å². The molecule has 132 valence electrons. The van der Waals surface area contributed by atoms with E-state index in [-0.39, 0.29) is 23.7 Å². The Kier molecular flexibility index (Phi) is 5.13. The van der Waals surface area contributed by atoms with Gasteiger partial charge in [-0.3, -0.25) is 9.78 Å². The average Bonchev–Trinajstić information content (AvgIpc) is 2.91. The van der Waals surface area contributed by atoms with E-state index in [0.717, 1.165) is 29.7 Å². The molecule has 0 unspecified atom stereocenters. The number of amides is 1. The first-order valence-electron chi connectivity index (χ1n) is 8.38. The molecule has 2 aromatic heterocycles. The Bertz CT molecular complexity index is 786. The van der Waals surface area contributed by atoms with Gasteiger partial charge in [0.1, 0.15) is 10.7 Å². The molecule has 0 bridgehead atoms. The maximum atomic E-state index is 12.6. The molecule has 7 heteroatoms. The number of nitrogens with zero attached hydrogens (tertiary/aromatic N) is 2. The SMILES string of the molecule is CC(C)OC(=O)c1c(NC(=O)c2cnccn2)sc2c1CC[C@@H](C)C2. The molecule has 0 spiro atoms. The van der Waals surface area contributed by atoms with Gasteiger partial charge in [0.2, 0.25) is 0 Å². The van der Waals surface area contributed by atoms with Gasteiger partial charge in [0.15, 0.2) is 0 Å². The molecule has 6 nitrogen and oxygen atoms in total. The van der Waals surface area contributed by atoms with Gasteiger partial charge in [0.05, 0.1) is 17.9 Å². The lowest BCUT2D eigenvalue weighted by molar-refractivity contribution is 0.0378. The largest absolute Gasteiger partial charge is 0.459 e. The lowest BCUT2D eigenvalue weighted by Crippen LogP contribution is -2.19. The van der Waals surface area contributed by atoms with Crippen molar-refractivity contribution in [2.45, 2.75) is 46.1 Å². The zero-order valence-electron chi connectivity index (χ0n) is 14.5. The van der Waals surface area contributed by atoms with E-state index in [1.54, 1.807) is 0 Å². The lowest BCUT2D eigenvalue weighted by Gasteiger charge is -2.18. The van der Waals surface area contributed by atoms with E-state index >= 15 is 0 Å². The molecule has 0 saturated heterocycles. The molecule has 0 aromatic carbocycles. The molecule has 1 atom stereocenters. The van der Waals surface area contributed by atoms with Crippen LogP contribution < -0.4 is 5.32 Å². The van der Waals surface area contributed by atoms with Crippen molar-refractivity contribution >= 4 is 28.2 Å². The van der Waals surface area contributed by atoms with Crippen molar-refractivity contribution in [2.75, 3.05) is 5.32 Å². The lowest BCUT2D eigenvalue weighted by atomic mass is 9.88. The molecule has 25 heavy (non-hydrogen) atoms. The fourth-order valence-electron chi connectivity index (χ4n) is 2.91. The Morgan fingerprint density at radius 1 is 1.36 bits per heavy atom. The van der Waals surface area contributed by atoms with E-state index in [1.165, 1.54) is 29.9 Å². The normalized spacial score (nSPS) is 16.4. The molecule has 0 fully saturated rings. The summed E-state index contributed by atoms with van der Waals surface area (Å²) in [5, 5.41) is 3.37. The number of ether oxygens (including phenoxy) is 1. The third-order valence-electron chi connectivity index (χ3n) is 4.08. The highest BCUT2D eigenvalue weighted by Gasteiger charge is 2.29. The molecule has 2 heterocycles. The van der Waals surface area contributed by atoms with Crippen molar-refractivity contribution in [1.82, 2.24) is 9.97 Å². The molecule has 1 aliphatic carbocycles. The minimum absolute atomic E-state index is 0.213. The van der Waals surface area contributed by atoms with Crippen molar-refractivity contribution in [1.29, 1.82) is 0 Å². The predicted octanol–water partition coefficient (Wildman–Crippen LogP) is 3.48. The van der Waals surface area contributed by atoms with Gasteiger partial charge >= 0.3 is 5.97 Å². The summed E-state index contributed by atoms with van der Waals surface area (Å²) in [5.74, 6) is -0.182. The number of nitrogens with one attached hydrogen (secondary N) is 1. The zero-order chi connectivity index (χ0) is 18.0. The van der Waals surface area contributed by atoms with Crippen molar-refractivity contribution in [3.8, 4) is 0 Å². The van der Waals surface area contributed by atoms with Crippen LogP contribution in [0.25, 0.3) is 0 Å². The van der Waals surface area contributed by atoms with Crippen LogP contribution in [0.2, 0.25) is 0 Å². The Balaban J connectivity index is 1.94. The molecule has 0 aliphatic heterocycles. The minimum Gasteiger partial charge on any atom is -0.459 e. The van der Waals surface area contributed by atoms with Gasteiger partial charge in [-0.25, -0.2) is 9.78 Å². The van der Waals surface area contributed by atoms with Gasteiger partial charge in [-0.1, -0.05) is 6.92 Å². The quantitative estimate of drug-likeness (QED) is 0.845. The van der Waals surface area contributed by atoms with Crippen LogP contribution in [0, 0.1) is 5.92 Å². The molecular formula is C18H21N3O3S. The second-order valence-electron chi connectivity index (χ2n) is 6.55. The summed E-state index contributed by atoms with van der Waals surface area (Å²) in [4.78, 5) is 34.1. The van der Waals surface area contributed by atoms with Gasteiger partial charge in [0.25, 0.3) is 5.91 Å². The van der Waals surface area contributed by atoms with E-state index in [2.05, 4.69) is 22.2 Å². The van der Waals surface area contributed by atoms with Crippen LogP contribution in [0.5, 0.6) is 0 Å². The summed E-state index contributed by atoms with van der Waals surface area (Å²) in [6.07, 6.45) is 6.94. The summed E-state index contributed by atoms with van der Waals surface area (Å²) in [6.45, 7) is 5.83. The second-order valence-corrected chi connectivity index (χ2v) is 7.66. The first-order valence-corrected chi connectivity index (χ1v) is 9.20. The maximum absolute atomic E-state index is 12.6. The summed E-state index contributed by atoms with van der Waals surface area (Å²) in [5.41, 5.74) is 1.73. The topological polar surface area (TPSA) is 81.2 Å². The fraction of sp³-hybridized carbons (Fsp3) is 0.444. The maximum Gasteiger partial charge on any atom is 0.341 e. The highest BCUT2D eigenvalue weighted by Crippen LogP contribution is 2.40. The number of carbonyl (C=O) groups is 2. The number of anilines is 1. The Morgan fingerprint density at radius 2 is 2.16 bits per heavy atom. The molecule has 2 aromatic rings. The first kappa shape index (κ1) is 17.5. The Hall–Kier alpha value is -2.28. The first-order chi connectivity index (χ1) is 12.0. The number of carbonyl (C=O) groups excluding carboxylic acids is 2. The Labute approximate surface area is 150 Å². The highest BCUT2D eigenvalue weighted by molar-refractivity contribution is 7.17. The number of hydrogen-bond donors (Lipinski definition) is 1. The van der Waals surface area contributed by atoms with E-state index in [0.29, 0.717) is 16.5 Å². The van der Waals surface area contributed by atoms with Crippen LogP contribution >= 0.6 is 11.3 Å². The van der Waals surface area contributed by atoms with Gasteiger partial charge in [0, 0.05) is 17.3 Å². The molecule has 1 N–H and O–H groups in total. The minimum atomic E-state index is -0.378. The van der Waals surface area contributed by atoms with Crippen LogP contribution in [0.15, 0.2) is 18.6 Å². The monoisotopic (exact) mass is 359 g/mol. The van der Waals surface area contributed by atoms with Crippen LogP contribution in [0.3, 0.4) is 0 Å². The third kappa shape index (κ3) is 3.87. The number of hydrogen-bond acceptors (Lipinski definition) is 6. The van der Waals surface area contributed by atoms with Gasteiger partial charge in [-0.2, -0.15) is 0 Å². The molecule has 0 saturated carbocycles. The number of rotatable bonds is 4. The van der Waals surface area contributed by atoms with Crippen molar-refractivity contribution in [3.63, 3.8) is 0 Å².